The van der Waals surface area contributed by atoms with E-state index in [0.717, 1.165) is 11.5 Å². The molecule has 1 atom stereocenters. The van der Waals surface area contributed by atoms with Crippen molar-refractivity contribution in [1.82, 2.24) is 14.3 Å². The summed E-state index contributed by atoms with van der Waals surface area (Å²) in [7, 11) is -2.53. The van der Waals surface area contributed by atoms with E-state index >= 15 is 0 Å². The van der Waals surface area contributed by atoms with Gasteiger partial charge in [-0.3, -0.25) is 4.98 Å². The van der Waals surface area contributed by atoms with E-state index in [-0.39, 0.29) is 16.1 Å². The lowest BCUT2D eigenvalue weighted by Crippen LogP contribution is -2.23. The molecule has 164 valence electrons. The Morgan fingerprint density at radius 1 is 1.19 bits per heavy atom. The van der Waals surface area contributed by atoms with Gasteiger partial charge in [0.15, 0.2) is 5.37 Å². The van der Waals surface area contributed by atoms with Crippen LogP contribution in [0.5, 0.6) is 5.75 Å². The van der Waals surface area contributed by atoms with Crippen molar-refractivity contribution in [1.29, 1.82) is 0 Å². The number of rotatable bonds is 7. The number of aromatic carboxylic acids is 1. The third-order valence-electron chi connectivity index (χ3n) is 4.87. The average Bonchev–Trinajstić information content (AvgIpc) is 3.18. The highest BCUT2D eigenvalue weighted by molar-refractivity contribution is 7.91. The number of anilines is 1. The van der Waals surface area contributed by atoms with Crippen molar-refractivity contribution >= 4 is 43.2 Å². The number of carboxylic acid groups (broad SMARTS) is 1. The Morgan fingerprint density at radius 2 is 1.94 bits per heavy atom. The van der Waals surface area contributed by atoms with Gasteiger partial charge in [0.25, 0.3) is 0 Å². The van der Waals surface area contributed by atoms with Gasteiger partial charge in [0.1, 0.15) is 16.1 Å². The molecule has 1 aromatic carbocycles. The number of aromatic nitrogens is 3. The normalized spacial score (nSPS) is 12.4. The highest BCUT2D eigenvalue weighted by Crippen LogP contribution is 2.37. The molecule has 0 radical (unpaired) electrons. The van der Waals surface area contributed by atoms with Gasteiger partial charge < -0.3 is 15.2 Å². The fraction of sp³-hybridized carbons (Fsp3) is 0.143. The number of hydrogen-bond acceptors (Lipinski definition) is 9. The third kappa shape index (κ3) is 3.87. The summed E-state index contributed by atoms with van der Waals surface area (Å²) in [6.07, 6.45) is 4.15. The van der Waals surface area contributed by atoms with Gasteiger partial charge in [0.05, 0.1) is 28.8 Å². The summed E-state index contributed by atoms with van der Waals surface area (Å²) in [5, 5.41) is 11.9. The van der Waals surface area contributed by atoms with Crippen LogP contribution in [0.1, 0.15) is 27.0 Å². The smallest absolute Gasteiger partial charge is 0.339 e. The van der Waals surface area contributed by atoms with Crippen LogP contribution in [0.4, 0.5) is 5.69 Å². The van der Waals surface area contributed by atoms with Crippen LogP contribution in [0, 0.1) is 6.92 Å². The molecular formula is C21H18N4O5S2. The fourth-order valence-corrected chi connectivity index (χ4v) is 5.59. The highest BCUT2D eigenvalue weighted by atomic mass is 32.2. The lowest BCUT2D eigenvalue weighted by molar-refractivity contribution is 0.0697. The molecule has 0 fully saturated rings. The first-order chi connectivity index (χ1) is 15.3. The SMILES string of the molecule is COc1ccc(S(=O)(=O)C(Nc2c(C(=O)O)cnc3snc(C)c23)c2cccnc2)cc1. The van der Waals surface area contributed by atoms with Gasteiger partial charge in [-0.05, 0) is 48.8 Å². The maximum Gasteiger partial charge on any atom is 0.339 e. The Bertz CT molecular complexity index is 1390. The molecule has 0 saturated heterocycles. The number of nitrogens with one attached hydrogen (secondary N) is 1. The summed E-state index contributed by atoms with van der Waals surface area (Å²) in [4.78, 5) is 20.7. The summed E-state index contributed by atoms with van der Waals surface area (Å²) in [5.74, 6) is -0.724. The van der Waals surface area contributed by atoms with Crippen molar-refractivity contribution in [3.05, 3.63) is 71.8 Å². The molecule has 4 rings (SSSR count). The van der Waals surface area contributed by atoms with Crippen LogP contribution in [-0.4, -0.2) is 40.9 Å². The summed E-state index contributed by atoms with van der Waals surface area (Å²) >= 11 is 1.11. The molecule has 3 aromatic heterocycles. The number of fused-ring (bicyclic) bond motifs is 1. The van der Waals surface area contributed by atoms with E-state index < -0.39 is 21.2 Å². The van der Waals surface area contributed by atoms with Crippen molar-refractivity contribution in [3.63, 3.8) is 0 Å². The van der Waals surface area contributed by atoms with E-state index in [9.17, 15) is 18.3 Å². The van der Waals surface area contributed by atoms with Crippen molar-refractivity contribution in [2.24, 2.45) is 0 Å². The van der Waals surface area contributed by atoms with Crippen LogP contribution in [0.15, 0.2) is 59.9 Å². The van der Waals surface area contributed by atoms with E-state index in [1.165, 1.54) is 37.8 Å². The molecule has 9 nitrogen and oxygen atoms in total. The maximum atomic E-state index is 13.7. The van der Waals surface area contributed by atoms with Gasteiger partial charge in [-0.15, -0.1) is 0 Å². The van der Waals surface area contributed by atoms with Crippen molar-refractivity contribution < 1.29 is 23.1 Å². The molecule has 11 heteroatoms. The van der Waals surface area contributed by atoms with Gasteiger partial charge in [-0.25, -0.2) is 18.2 Å². The Labute approximate surface area is 187 Å². The molecule has 0 aliphatic rings. The number of carboxylic acids is 1. The number of carbonyl (C=O) groups is 1. The molecule has 2 N–H and O–H groups in total. The van der Waals surface area contributed by atoms with Crippen LogP contribution in [0.25, 0.3) is 10.2 Å². The number of nitrogens with zero attached hydrogens (tertiary/aromatic N) is 3. The molecule has 0 aliphatic heterocycles. The number of sulfone groups is 1. The first-order valence-electron chi connectivity index (χ1n) is 9.35. The van der Waals surface area contributed by atoms with Gasteiger partial charge in [0.2, 0.25) is 9.84 Å². The van der Waals surface area contributed by atoms with Crippen LogP contribution < -0.4 is 10.1 Å². The molecule has 32 heavy (non-hydrogen) atoms. The predicted octanol–water partition coefficient (Wildman–Crippen LogP) is 3.69. The van der Waals surface area contributed by atoms with Crippen LogP contribution >= 0.6 is 11.5 Å². The van der Waals surface area contributed by atoms with E-state index in [2.05, 4.69) is 19.7 Å². The van der Waals surface area contributed by atoms with Crippen LogP contribution in [0.2, 0.25) is 0 Å². The van der Waals surface area contributed by atoms with Crippen molar-refractivity contribution in [2.45, 2.75) is 17.2 Å². The Balaban J connectivity index is 1.91. The van der Waals surface area contributed by atoms with Gasteiger partial charge >= 0.3 is 5.97 Å². The van der Waals surface area contributed by atoms with E-state index in [0.29, 0.717) is 27.2 Å². The lowest BCUT2D eigenvalue weighted by Gasteiger charge is -2.22. The number of ether oxygens (including phenoxy) is 1. The predicted molar refractivity (Wildman–Crippen MR) is 120 cm³/mol. The zero-order valence-electron chi connectivity index (χ0n) is 17.0. The minimum Gasteiger partial charge on any atom is -0.497 e. The zero-order valence-corrected chi connectivity index (χ0v) is 18.6. The molecular weight excluding hydrogens is 452 g/mol. The number of methoxy groups -OCH3 is 1. The molecule has 0 aliphatic carbocycles. The summed E-state index contributed by atoms with van der Waals surface area (Å²) in [5.41, 5.74) is 0.889. The second-order valence-electron chi connectivity index (χ2n) is 6.83. The minimum atomic E-state index is -4.02. The largest absolute Gasteiger partial charge is 0.497 e. The Hall–Kier alpha value is -3.57. The number of hydrogen-bond donors (Lipinski definition) is 2. The standard InChI is InChI=1S/C21H18N4O5S2/c1-12-17-18(16(21(26)27)11-23-19(17)31-25-12)24-20(13-4-3-9-22-10-13)32(28,29)15-7-5-14(30-2)6-8-15/h3-11,20H,1-2H3,(H,23,24)(H,26,27). The van der Waals surface area contributed by atoms with E-state index in [1.807, 2.05) is 0 Å². The maximum absolute atomic E-state index is 13.7. The zero-order chi connectivity index (χ0) is 22.9. The minimum absolute atomic E-state index is 0.0435. The summed E-state index contributed by atoms with van der Waals surface area (Å²) < 4.78 is 36.7. The first-order valence-corrected chi connectivity index (χ1v) is 11.7. The van der Waals surface area contributed by atoms with Crippen molar-refractivity contribution in [3.8, 4) is 5.75 Å². The quantitative estimate of drug-likeness (QED) is 0.415. The lowest BCUT2D eigenvalue weighted by atomic mass is 10.1. The molecule has 0 amide bonds. The molecule has 0 saturated carbocycles. The van der Waals surface area contributed by atoms with Gasteiger partial charge in [-0.1, -0.05) is 6.07 Å². The first kappa shape index (κ1) is 21.7. The van der Waals surface area contributed by atoms with Gasteiger partial charge in [0, 0.05) is 24.2 Å². The van der Waals surface area contributed by atoms with Crippen LogP contribution in [0.3, 0.4) is 0 Å². The second-order valence-corrected chi connectivity index (χ2v) is 9.62. The van der Waals surface area contributed by atoms with E-state index in [4.69, 9.17) is 4.74 Å². The van der Waals surface area contributed by atoms with Crippen molar-refractivity contribution in [2.75, 3.05) is 12.4 Å². The number of benzene rings is 1. The topological polar surface area (TPSA) is 131 Å². The fourth-order valence-electron chi connectivity index (χ4n) is 3.27. The Kier molecular flexibility index (Phi) is 5.76. The average molecular weight is 471 g/mol. The van der Waals surface area contributed by atoms with Crippen LogP contribution in [-0.2, 0) is 9.84 Å². The molecule has 0 bridgehead atoms. The highest BCUT2D eigenvalue weighted by Gasteiger charge is 2.32. The summed E-state index contributed by atoms with van der Waals surface area (Å²) in [6, 6.07) is 9.21. The second kappa shape index (κ2) is 8.52. The number of pyridine rings is 2. The van der Waals surface area contributed by atoms with Gasteiger partial charge in [-0.2, -0.15) is 4.37 Å². The Morgan fingerprint density at radius 3 is 2.56 bits per heavy atom. The monoisotopic (exact) mass is 470 g/mol. The number of aryl methyl sites for hydroxylation is 1. The summed E-state index contributed by atoms with van der Waals surface area (Å²) in [6.45, 7) is 1.72. The molecule has 0 spiro atoms. The van der Waals surface area contributed by atoms with E-state index in [1.54, 1.807) is 31.2 Å². The molecule has 1 unspecified atom stereocenters. The molecule has 3 heterocycles. The third-order valence-corrected chi connectivity index (χ3v) is 7.65. The molecule has 4 aromatic rings.